The van der Waals surface area contributed by atoms with Gasteiger partial charge in [-0.3, -0.25) is 9.59 Å². The van der Waals surface area contributed by atoms with Crippen LogP contribution >= 0.6 is 0 Å². The highest BCUT2D eigenvalue weighted by atomic mass is 16.4. The van der Waals surface area contributed by atoms with Crippen molar-refractivity contribution in [3.8, 4) is 0 Å². The number of aromatic amines is 1. The maximum atomic E-state index is 12.6. The Morgan fingerprint density at radius 2 is 1.64 bits per heavy atom. The van der Waals surface area contributed by atoms with Crippen LogP contribution in [0.1, 0.15) is 10.4 Å². The third-order valence-corrected chi connectivity index (χ3v) is 3.86. The summed E-state index contributed by atoms with van der Waals surface area (Å²) in [6.45, 7) is 1.13. The number of benzene rings is 1. The van der Waals surface area contributed by atoms with E-state index in [0.29, 0.717) is 18.7 Å². The minimum Gasteiger partial charge on any atom is -0.474 e. The molecule has 7 heteroatoms. The van der Waals surface area contributed by atoms with Gasteiger partial charge >= 0.3 is 11.9 Å². The first kappa shape index (κ1) is 14.1. The molecule has 0 radical (unpaired) electrons. The fraction of sp³-hybridized carbons (Fsp3) is 0.267. The fourth-order valence-electron chi connectivity index (χ4n) is 2.67. The summed E-state index contributed by atoms with van der Waals surface area (Å²) < 4.78 is 0. The summed E-state index contributed by atoms with van der Waals surface area (Å²) in [5.41, 5.74) is 1.49. The average molecular weight is 301 g/mol. The Labute approximate surface area is 126 Å². The van der Waals surface area contributed by atoms with E-state index in [1.165, 1.54) is 4.90 Å². The highest BCUT2D eigenvalue weighted by molar-refractivity contribution is 6.31. The molecule has 2 heterocycles. The normalized spacial score (nSPS) is 15.1. The molecule has 3 rings (SSSR count). The van der Waals surface area contributed by atoms with Crippen LogP contribution < -0.4 is 0 Å². The first-order chi connectivity index (χ1) is 10.6. The second-order valence-electron chi connectivity index (χ2n) is 5.14. The summed E-state index contributed by atoms with van der Waals surface area (Å²) in [4.78, 5) is 40.6. The van der Waals surface area contributed by atoms with Crippen molar-refractivity contribution in [3.63, 3.8) is 0 Å². The number of amides is 2. The van der Waals surface area contributed by atoms with E-state index in [-0.39, 0.29) is 19.0 Å². The average Bonchev–Trinajstić information content (AvgIpc) is 2.97. The second kappa shape index (κ2) is 5.51. The summed E-state index contributed by atoms with van der Waals surface area (Å²) in [5.74, 6) is -2.49. The van der Waals surface area contributed by atoms with E-state index in [4.69, 9.17) is 5.11 Å². The van der Waals surface area contributed by atoms with Crippen molar-refractivity contribution in [1.82, 2.24) is 14.8 Å². The molecule has 0 atom stereocenters. The summed E-state index contributed by atoms with van der Waals surface area (Å²) in [7, 11) is 0. The fourth-order valence-corrected chi connectivity index (χ4v) is 2.67. The van der Waals surface area contributed by atoms with Gasteiger partial charge in [0.15, 0.2) is 0 Å². The minimum absolute atomic E-state index is 0.111. The zero-order chi connectivity index (χ0) is 15.7. The number of carboxylic acids is 1. The molecular weight excluding hydrogens is 286 g/mol. The number of para-hydroxylation sites is 1. The molecule has 1 aromatic carbocycles. The van der Waals surface area contributed by atoms with E-state index < -0.39 is 11.9 Å². The largest absolute Gasteiger partial charge is 0.474 e. The smallest absolute Gasteiger partial charge is 0.394 e. The van der Waals surface area contributed by atoms with Crippen LogP contribution in [0, 0.1) is 0 Å². The van der Waals surface area contributed by atoms with E-state index in [9.17, 15) is 14.4 Å². The Kier molecular flexibility index (Phi) is 3.54. The molecule has 0 unspecified atom stereocenters. The minimum atomic E-state index is -1.46. The summed E-state index contributed by atoms with van der Waals surface area (Å²) >= 11 is 0. The number of nitrogens with zero attached hydrogens (tertiary/aromatic N) is 2. The van der Waals surface area contributed by atoms with E-state index in [1.807, 2.05) is 24.3 Å². The van der Waals surface area contributed by atoms with Crippen LogP contribution in [0.3, 0.4) is 0 Å². The summed E-state index contributed by atoms with van der Waals surface area (Å²) in [6.07, 6.45) is 1.68. The van der Waals surface area contributed by atoms with Gasteiger partial charge in [-0.05, 0) is 6.07 Å². The quantitative estimate of drug-likeness (QED) is 0.752. The number of fused-ring (bicyclic) bond motifs is 1. The molecule has 0 saturated carbocycles. The highest BCUT2D eigenvalue weighted by Crippen LogP contribution is 2.20. The second-order valence-corrected chi connectivity index (χ2v) is 5.14. The molecule has 1 saturated heterocycles. The van der Waals surface area contributed by atoms with Crippen LogP contribution in [-0.2, 0) is 9.59 Å². The summed E-state index contributed by atoms with van der Waals surface area (Å²) in [5, 5.41) is 9.56. The van der Waals surface area contributed by atoms with Crippen LogP contribution in [0.4, 0.5) is 0 Å². The highest BCUT2D eigenvalue weighted by Gasteiger charge is 2.28. The van der Waals surface area contributed by atoms with Crippen LogP contribution in [-0.4, -0.2) is 63.9 Å². The molecule has 0 spiro atoms. The van der Waals surface area contributed by atoms with Crippen molar-refractivity contribution in [1.29, 1.82) is 0 Å². The van der Waals surface area contributed by atoms with E-state index in [0.717, 1.165) is 10.9 Å². The van der Waals surface area contributed by atoms with Crippen molar-refractivity contribution >= 4 is 28.7 Å². The standard InChI is InChI=1S/C15H15N3O4/c19-13(11-9-16-12-4-2-1-3-10(11)12)17-5-7-18(8-6-17)14(20)15(21)22/h1-4,9,16H,5-8H2,(H,21,22). The van der Waals surface area contributed by atoms with Crippen LogP contribution in [0.25, 0.3) is 10.9 Å². The number of carbonyl (C=O) groups is 3. The molecule has 22 heavy (non-hydrogen) atoms. The molecule has 114 valence electrons. The van der Waals surface area contributed by atoms with Crippen molar-refractivity contribution in [2.45, 2.75) is 0 Å². The number of aromatic nitrogens is 1. The Bertz CT molecular complexity index is 744. The van der Waals surface area contributed by atoms with Gasteiger partial charge in [-0.2, -0.15) is 0 Å². The van der Waals surface area contributed by atoms with Crippen molar-refractivity contribution in [3.05, 3.63) is 36.0 Å². The van der Waals surface area contributed by atoms with Crippen molar-refractivity contribution in [2.24, 2.45) is 0 Å². The van der Waals surface area contributed by atoms with Gasteiger partial charge in [0.2, 0.25) is 0 Å². The molecular formula is C15H15N3O4. The molecule has 0 bridgehead atoms. The number of hydrogen-bond acceptors (Lipinski definition) is 3. The van der Waals surface area contributed by atoms with Gasteiger partial charge in [-0.1, -0.05) is 18.2 Å². The third-order valence-electron chi connectivity index (χ3n) is 3.86. The molecule has 2 aromatic rings. The van der Waals surface area contributed by atoms with E-state index in [1.54, 1.807) is 11.1 Å². The van der Waals surface area contributed by atoms with Gasteiger partial charge in [0, 0.05) is 43.3 Å². The number of piperazine rings is 1. The van der Waals surface area contributed by atoms with Gasteiger partial charge < -0.3 is 19.9 Å². The zero-order valence-electron chi connectivity index (χ0n) is 11.8. The lowest BCUT2D eigenvalue weighted by molar-refractivity contribution is -0.156. The molecule has 2 amide bonds. The van der Waals surface area contributed by atoms with Crippen LogP contribution in [0.2, 0.25) is 0 Å². The molecule has 7 nitrogen and oxygen atoms in total. The molecule has 2 N–H and O–H groups in total. The number of carbonyl (C=O) groups excluding carboxylic acids is 2. The number of aliphatic carboxylic acids is 1. The lowest BCUT2D eigenvalue weighted by Gasteiger charge is -2.33. The molecule has 1 fully saturated rings. The predicted molar refractivity (Wildman–Crippen MR) is 78.4 cm³/mol. The van der Waals surface area contributed by atoms with E-state index >= 15 is 0 Å². The molecule has 1 aromatic heterocycles. The topological polar surface area (TPSA) is 93.7 Å². The van der Waals surface area contributed by atoms with Crippen LogP contribution in [0.15, 0.2) is 30.5 Å². The molecule has 1 aliphatic heterocycles. The summed E-state index contributed by atoms with van der Waals surface area (Å²) in [6, 6.07) is 7.54. The predicted octanol–water partition coefficient (Wildman–Crippen LogP) is 0.537. The number of carboxylic acid groups (broad SMARTS) is 1. The van der Waals surface area contributed by atoms with Crippen molar-refractivity contribution in [2.75, 3.05) is 26.2 Å². The first-order valence-corrected chi connectivity index (χ1v) is 6.95. The lowest BCUT2D eigenvalue weighted by Crippen LogP contribution is -2.52. The zero-order valence-corrected chi connectivity index (χ0v) is 11.8. The van der Waals surface area contributed by atoms with Gasteiger partial charge in [0.05, 0.1) is 5.56 Å². The monoisotopic (exact) mass is 301 g/mol. The number of H-pyrrole nitrogens is 1. The SMILES string of the molecule is O=C(O)C(=O)N1CCN(C(=O)c2c[nH]c3ccccc23)CC1. The van der Waals surface area contributed by atoms with E-state index in [2.05, 4.69) is 4.98 Å². The number of nitrogens with one attached hydrogen (secondary N) is 1. The Balaban J connectivity index is 1.72. The lowest BCUT2D eigenvalue weighted by atomic mass is 10.1. The number of rotatable bonds is 1. The first-order valence-electron chi connectivity index (χ1n) is 6.95. The third kappa shape index (κ3) is 2.41. The Morgan fingerprint density at radius 3 is 2.32 bits per heavy atom. The van der Waals surface area contributed by atoms with Gasteiger partial charge in [-0.15, -0.1) is 0 Å². The maximum absolute atomic E-state index is 12.6. The molecule has 0 aliphatic carbocycles. The number of hydrogen-bond donors (Lipinski definition) is 2. The van der Waals surface area contributed by atoms with Crippen molar-refractivity contribution < 1.29 is 19.5 Å². The molecule has 1 aliphatic rings. The Hall–Kier alpha value is -2.83. The Morgan fingerprint density at radius 1 is 1.00 bits per heavy atom. The van der Waals surface area contributed by atoms with Gasteiger partial charge in [0.25, 0.3) is 5.91 Å². The van der Waals surface area contributed by atoms with Gasteiger partial charge in [-0.25, -0.2) is 4.79 Å². The van der Waals surface area contributed by atoms with Gasteiger partial charge in [0.1, 0.15) is 0 Å². The van der Waals surface area contributed by atoms with Crippen LogP contribution in [0.5, 0.6) is 0 Å². The maximum Gasteiger partial charge on any atom is 0.394 e.